The van der Waals surface area contributed by atoms with Gasteiger partial charge in [-0.3, -0.25) is 9.59 Å². The summed E-state index contributed by atoms with van der Waals surface area (Å²) in [7, 11) is 2.32. The average molecular weight is 285 g/mol. The number of carbonyl (C=O) groups is 2. The molecule has 2 atom stereocenters. The molecule has 0 unspecified atom stereocenters. The molecule has 1 aromatic heterocycles. The number of aromatic nitrogens is 1. The Morgan fingerprint density at radius 3 is 2.67 bits per heavy atom. The highest BCUT2D eigenvalue weighted by molar-refractivity contribution is 8.82. The van der Waals surface area contributed by atoms with Crippen LogP contribution in [0.15, 0.2) is 29.4 Å². The highest BCUT2D eigenvalue weighted by atomic mass is 33.1. The van der Waals surface area contributed by atoms with Crippen molar-refractivity contribution in [1.82, 2.24) is 10.3 Å². The van der Waals surface area contributed by atoms with E-state index in [2.05, 4.69) is 10.3 Å². The molecule has 0 saturated carbocycles. The quantitative estimate of drug-likeness (QED) is 0.791. The van der Waals surface area contributed by atoms with E-state index in [1.165, 1.54) is 10.8 Å². The van der Waals surface area contributed by atoms with Crippen LogP contribution in [0.3, 0.4) is 0 Å². The highest BCUT2D eigenvalue weighted by Crippen LogP contribution is 2.30. The number of rotatable bonds is 5. The van der Waals surface area contributed by atoms with Gasteiger partial charge in [0.2, 0.25) is 11.0 Å². The summed E-state index contributed by atoms with van der Waals surface area (Å²) in [5, 5.41) is 3.16. The topological polar surface area (TPSA) is 85.1 Å². The summed E-state index contributed by atoms with van der Waals surface area (Å²) in [4.78, 5) is 27.1. The lowest BCUT2D eigenvalue weighted by molar-refractivity contribution is -0.125. The van der Waals surface area contributed by atoms with E-state index in [0.717, 1.165) is 15.8 Å². The Labute approximate surface area is 114 Å². The molecule has 0 aliphatic rings. The zero-order chi connectivity index (χ0) is 13.5. The Kier molecular flexibility index (Phi) is 6.17. The van der Waals surface area contributed by atoms with Crippen LogP contribution in [0.25, 0.3) is 0 Å². The van der Waals surface area contributed by atoms with E-state index < -0.39 is 12.1 Å². The van der Waals surface area contributed by atoms with Crippen LogP contribution in [0.2, 0.25) is 0 Å². The van der Waals surface area contributed by atoms with Gasteiger partial charge in [-0.25, -0.2) is 4.98 Å². The first-order chi connectivity index (χ1) is 8.50. The summed E-state index contributed by atoms with van der Waals surface area (Å²) < 4.78 is 0. The number of nitrogens with two attached hydrogens (primary N) is 1. The van der Waals surface area contributed by atoms with E-state index in [1.807, 2.05) is 18.2 Å². The molecule has 1 rings (SSSR count). The first kappa shape index (κ1) is 15.0. The fourth-order valence-corrected chi connectivity index (χ4v) is 2.80. The second-order valence-corrected chi connectivity index (χ2v) is 5.83. The molecule has 7 heteroatoms. The second-order valence-electron chi connectivity index (χ2n) is 3.67. The van der Waals surface area contributed by atoms with Crippen molar-refractivity contribution in [3.05, 3.63) is 24.4 Å². The standard InChI is InChI=1S/C11H15N3O2S2/c1-7(12)10(15)14-8(2)11(16)18-17-9-5-3-4-6-13-9/h3-8H,12H2,1-2H3,(H,14,15)/t7-,8-/m0/s1. The average Bonchev–Trinajstić information content (AvgIpc) is 2.36. The largest absolute Gasteiger partial charge is 0.344 e. The van der Waals surface area contributed by atoms with Crippen LogP contribution >= 0.6 is 21.6 Å². The van der Waals surface area contributed by atoms with Crippen molar-refractivity contribution < 1.29 is 9.59 Å². The van der Waals surface area contributed by atoms with Crippen LogP contribution in [0.4, 0.5) is 0 Å². The summed E-state index contributed by atoms with van der Waals surface area (Å²) in [5.41, 5.74) is 5.40. The predicted molar refractivity (Wildman–Crippen MR) is 73.9 cm³/mol. The van der Waals surface area contributed by atoms with Crippen LogP contribution in [0.1, 0.15) is 13.8 Å². The number of nitrogens with one attached hydrogen (secondary N) is 1. The minimum Gasteiger partial charge on any atom is -0.344 e. The van der Waals surface area contributed by atoms with E-state index in [-0.39, 0.29) is 11.0 Å². The van der Waals surface area contributed by atoms with Crippen molar-refractivity contribution in [3.63, 3.8) is 0 Å². The molecular weight excluding hydrogens is 270 g/mol. The molecule has 98 valence electrons. The van der Waals surface area contributed by atoms with Crippen molar-refractivity contribution in [3.8, 4) is 0 Å². The lowest BCUT2D eigenvalue weighted by Crippen LogP contribution is -2.45. The minimum absolute atomic E-state index is 0.139. The van der Waals surface area contributed by atoms with Gasteiger partial charge in [0.25, 0.3) is 0 Å². The minimum atomic E-state index is -0.617. The zero-order valence-electron chi connectivity index (χ0n) is 10.1. The molecule has 0 aliphatic carbocycles. The number of nitrogens with zero attached hydrogens (tertiary/aromatic N) is 1. The summed E-state index contributed by atoms with van der Waals surface area (Å²) >= 11 is 0. The second kappa shape index (κ2) is 7.40. The first-order valence-corrected chi connectivity index (χ1v) is 7.51. The number of pyridine rings is 1. The van der Waals surface area contributed by atoms with Gasteiger partial charge in [-0.1, -0.05) is 6.07 Å². The molecule has 0 spiro atoms. The Morgan fingerprint density at radius 2 is 2.11 bits per heavy atom. The van der Waals surface area contributed by atoms with E-state index in [9.17, 15) is 9.59 Å². The SMILES string of the molecule is C[C@H](N)C(=O)N[C@@H](C)C(=O)SSc1ccccn1. The van der Waals surface area contributed by atoms with Crippen molar-refractivity contribution >= 4 is 32.6 Å². The smallest absolute Gasteiger partial charge is 0.237 e. The van der Waals surface area contributed by atoms with Gasteiger partial charge < -0.3 is 11.1 Å². The van der Waals surface area contributed by atoms with Gasteiger partial charge >= 0.3 is 0 Å². The maximum absolute atomic E-state index is 11.7. The van der Waals surface area contributed by atoms with Gasteiger partial charge in [-0.2, -0.15) is 0 Å². The third-order valence-electron chi connectivity index (χ3n) is 1.97. The highest BCUT2D eigenvalue weighted by Gasteiger charge is 2.18. The molecule has 0 radical (unpaired) electrons. The number of carbonyl (C=O) groups excluding carboxylic acids is 2. The molecule has 1 aromatic rings. The van der Waals surface area contributed by atoms with Crippen LogP contribution in [-0.4, -0.2) is 28.1 Å². The maximum atomic E-state index is 11.7. The molecule has 3 N–H and O–H groups in total. The van der Waals surface area contributed by atoms with Gasteiger partial charge in [0.05, 0.1) is 12.1 Å². The van der Waals surface area contributed by atoms with Gasteiger partial charge in [0.15, 0.2) is 0 Å². The molecule has 5 nitrogen and oxygen atoms in total. The maximum Gasteiger partial charge on any atom is 0.237 e. The summed E-state index contributed by atoms with van der Waals surface area (Å²) in [6.45, 7) is 3.21. The zero-order valence-corrected chi connectivity index (χ0v) is 11.8. The Bertz CT molecular complexity index is 412. The molecular formula is C11H15N3O2S2. The molecule has 0 bridgehead atoms. The van der Waals surface area contributed by atoms with Crippen LogP contribution < -0.4 is 11.1 Å². The molecule has 1 heterocycles. The van der Waals surface area contributed by atoms with E-state index in [4.69, 9.17) is 5.73 Å². The van der Waals surface area contributed by atoms with Gasteiger partial charge in [-0.15, -0.1) is 0 Å². The fraction of sp³-hybridized carbons (Fsp3) is 0.364. The number of hydrogen-bond acceptors (Lipinski definition) is 6. The Hall–Kier alpha value is -1.05. The Balaban J connectivity index is 2.39. The molecule has 0 aromatic carbocycles. The van der Waals surface area contributed by atoms with E-state index in [1.54, 1.807) is 20.0 Å². The lowest BCUT2D eigenvalue weighted by atomic mass is 10.3. The normalized spacial score (nSPS) is 13.7. The number of amides is 1. The van der Waals surface area contributed by atoms with Crippen LogP contribution in [0, 0.1) is 0 Å². The van der Waals surface area contributed by atoms with E-state index >= 15 is 0 Å². The monoisotopic (exact) mass is 285 g/mol. The fourth-order valence-electron chi connectivity index (χ4n) is 0.956. The summed E-state index contributed by atoms with van der Waals surface area (Å²) in [6, 6.07) is 4.29. The third-order valence-corrected chi connectivity index (χ3v) is 4.24. The summed E-state index contributed by atoms with van der Waals surface area (Å²) in [5.74, 6) is -0.334. The van der Waals surface area contributed by atoms with Crippen molar-refractivity contribution in [2.24, 2.45) is 5.73 Å². The molecule has 0 saturated heterocycles. The van der Waals surface area contributed by atoms with Crippen molar-refractivity contribution in [2.75, 3.05) is 0 Å². The predicted octanol–water partition coefficient (Wildman–Crippen LogP) is 1.20. The third kappa shape index (κ3) is 5.07. The lowest BCUT2D eigenvalue weighted by Gasteiger charge is -2.13. The van der Waals surface area contributed by atoms with Gasteiger partial charge in [-0.05, 0) is 47.6 Å². The molecule has 18 heavy (non-hydrogen) atoms. The van der Waals surface area contributed by atoms with Gasteiger partial charge in [0, 0.05) is 6.20 Å². The van der Waals surface area contributed by atoms with Crippen molar-refractivity contribution in [1.29, 1.82) is 0 Å². The summed E-state index contributed by atoms with van der Waals surface area (Å²) in [6.07, 6.45) is 1.66. The van der Waals surface area contributed by atoms with Crippen LogP contribution in [-0.2, 0) is 9.59 Å². The van der Waals surface area contributed by atoms with E-state index in [0.29, 0.717) is 0 Å². The number of hydrogen-bond donors (Lipinski definition) is 2. The van der Waals surface area contributed by atoms with Gasteiger partial charge in [0.1, 0.15) is 5.03 Å². The van der Waals surface area contributed by atoms with Crippen molar-refractivity contribution in [2.45, 2.75) is 31.0 Å². The molecule has 0 aliphatic heterocycles. The molecule has 0 fully saturated rings. The Morgan fingerprint density at radius 1 is 1.39 bits per heavy atom. The first-order valence-electron chi connectivity index (χ1n) is 5.36. The van der Waals surface area contributed by atoms with Crippen LogP contribution in [0.5, 0.6) is 0 Å². The molecule has 1 amide bonds.